The zero-order chi connectivity index (χ0) is 22.1. The number of para-hydroxylation sites is 1. The zero-order valence-corrected chi connectivity index (χ0v) is 17.6. The highest BCUT2D eigenvalue weighted by atomic mass is 16.5. The van der Waals surface area contributed by atoms with E-state index in [4.69, 9.17) is 9.47 Å². The molecule has 0 unspecified atom stereocenters. The Morgan fingerprint density at radius 1 is 1.06 bits per heavy atom. The van der Waals surface area contributed by atoms with Crippen LogP contribution in [0.1, 0.15) is 29.8 Å². The first kappa shape index (κ1) is 21.8. The number of anilines is 1. The number of aromatic nitrogens is 2. The van der Waals surface area contributed by atoms with Crippen LogP contribution < -0.4 is 14.8 Å². The minimum absolute atomic E-state index is 0.129. The second kappa shape index (κ2) is 10.8. The van der Waals surface area contributed by atoms with E-state index in [9.17, 15) is 9.59 Å². The first-order chi connectivity index (χ1) is 15.1. The summed E-state index contributed by atoms with van der Waals surface area (Å²) >= 11 is 0. The van der Waals surface area contributed by atoms with Gasteiger partial charge < -0.3 is 14.8 Å². The molecule has 0 atom stereocenters. The van der Waals surface area contributed by atoms with E-state index in [-0.39, 0.29) is 18.3 Å². The lowest BCUT2D eigenvalue weighted by Gasteiger charge is -2.12. The van der Waals surface area contributed by atoms with Gasteiger partial charge in [0.15, 0.2) is 23.9 Å². The number of carbonyl (C=O) groups excluding carboxylic acids is 2. The van der Waals surface area contributed by atoms with Crippen molar-refractivity contribution >= 4 is 23.5 Å². The first-order valence-electron chi connectivity index (χ1n) is 10.1. The molecule has 0 radical (unpaired) electrons. The van der Waals surface area contributed by atoms with E-state index >= 15 is 0 Å². The van der Waals surface area contributed by atoms with Gasteiger partial charge in [0.2, 0.25) is 0 Å². The normalized spacial score (nSPS) is 10.8. The van der Waals surface area contributed by atoms with Gasteiger partial charge in [-0.25, -0.2) is 0 Å². The first-order valence-corrected chi connectivity index (χ1v) is 10.1. The van der Waals surface area contributed by atoms with E-state index in [0.717, 1.165) is 5.56 Å². The highest BCUT2D eigenvalue weighted by Gasteiger charge is 2.10. The third kappa shape index (κ3) is 6.30. The van der Waals surface area contributed by atoms with Crippen LogP contribution in [0.2, 0.25) is 0 Å². The third-order valence-corrected chi connectivity index (χ3v) is 4.35. The number of benzene rings is 2. The number of aryl methyl sites for hydroxylation is 1. The molecule has 0 spiro atoms. The van der Waals surface area contributed by atoms with Gasteiger partial charge >= 0.3 is 0 Å². The van der Waals surface area contributed by atoms with Crippen molar-refractivity contribution in [3.63, 3.8) is 0 Å². The number of nitrogens with one attached hydrogen (secondary N) is 1. The Bertz CT molecular complexity index is 1060. The van der Waals surface area contributed by atoms with Crippen LogP contribution in [-0.2, 0) is 11.3 Å². The summed E-state index contributed by atoms with van der Waals surface area (Å²) < 4.78 is 13.0. The van der Waals surface area contributed by atoms with Gasteiger partial charge in [-0.05, 0) is 49.8 Å². The fraction of sp³-hybridized carbons (Fsp3) is 0.208. The topological polar surface area (TPSA) is 82.4 Å². The minimum Gasteiger partial charge on any atom is -0.490 e. The van der Waals surface area contributed by atoms with Crippen LogP contribution in [0.3, 0.4) is 0 Å². The van der Waals surface area contributed by atoms with Gasteiger partial charge in [0.25, 0.3) is 5.91 Å². The van der Waals surface area contributed by atoms with Gasteiger partial charge in [0.05, 0.1) is 18.4 Å². The van der Waals surface area contributed by atoms with Crippen molar-refractivity contribution in [3.05, 3.63) is 78.1 Å². The maximum atomic E-state index is 12.3. The van der Waals surface area contributed by atoms with Crippen LogP contribution in [0.4, 0.5) is 5.69 Å². The van der Waals surface area contributed by atoms with Crippen molar-refractivity contribution < 1.29 is 19.1 Å². The Morgan fingerprint density at radius 2 is 1.87 bits per heavy atom. The third-order valence-electron chi connectivity index (χ3n) is 4.35. The Hall–Kier alpha value is -3.87. The molecule has 2 aromatic carbocycles. The van der Waals surface area contributed by atoms with E-state index in [0.29, 0.717) is 35.9 Å². The Balaban J connectivity index is 1.64. The lowest BCUT2D eigenvalue weighted by Crippen LogP contribution is -2.20. The molecule has 0 fully saturated rings. The highest BCUT2D eigenvalue weighted by molar-refractivity contribution is 6.06. The Labute approximate surface area is 181 Å². The number of rotatable bonds is 10. The monoisotopic (exact) mass is 419 g/mol. The van der Waals surface area contributed by atoms with Gasteiger partial charge in [0.1, 0.15) is 0 Å². The summed E-state index contributed by atoms with van der Waals surface area (Å²) in [6, 6.07) is 14.5. The summed E-state index contributed by atoms with van der Waals surface area (Å²) in [5.74, 6) is 0.563. The zero-order valence-electron chi connectivity index (χ0n) is 17.6. The van der Waals surface area contributed by atoms with Crippen molar-refractivity contribution in [2.24, 2.45) is 0 Å². The highest BCUT2D eigenvalue weighted by Crippen LogP contribution is 2.29. The maximum Gasteiger partial charge on any atom is 0.262 e. The van der Waals surface area contributed by atoms with Crippen molar-refractivity contribution in [1.29, 1.82) is 0 Å². The maximum absolute atomic E-state index is 12.3. The number of allylic oxidation sites excluding steroid dienone is 1. The molecule has 0 bridgehead atoms. The van der Waals surface area contributed by atoms with E-state index in [1.165, 1.54) is 6.08 Å². The smallest absolute Gasteiger partial charge is 0.262 e. The molecule has 0 aliphatic heterocycles. The number of ketones is 1. The van der Waals surface area contributed by atoms with Gasteiger partial charge in [-0.3, -0.25) is 14.3 Å². The SMILES string of the molecule is CCOc1cc(/C=C/C(=O)c2cnn(CC)c2)ccc1OCC(=O)Nc1ccccc1. The fourth-order valence-electron chi connectivity index (χ4n) is 2.81. The van der Waals surface area contributed by atoms with Crippen LogP contribution in [0.25, 0.3) is 6.08 Å². The van der Waals surface area contributed by atoms with Gasteiger partial charge in [-0.2, -0.15) is 5.10 Å². The van der Waals surface area contributed by atoms with E-state index < -0.39 is 0 Å². The Kier molecular flexibility index (Phi) is 7.59. The quantitative estimate of drug-likeness (QED) is 0.393. The standard InChI is InChI=1S/C24H25N3O4/c1-3-27-16-19(15-25-27)21(28)12-10-18-11-13-22(23(14-18)30-4-2)31-17-24(29)26-20-8-6-5-7-9-20/h5-16H,3-4,17H2,1-2H3,(H,26,29)/b12-10+. The number of ether oxygens (including phenoxy) is 2. The molecule has 3 aromatic rings. The summed E-state index contributed by atoms with van der Waals surface area (Å²) in [5, 5.41) is 6.88. The molecular weight excluding hydrogens is 394 g/mol. The molecule has 3 rings (SSSR count). The van der Waals surface area contributed by atoms with Crippen molar-refractivity contribution in [2.45, 2.75) is 20.4 Å². The largest absolute Gasteiger partial charge is 0.490 e. The molecule has 0 saturated heterocycles. The van der Waals surface area contributed by atoms with Crippen LogP contribution >= 0.6 is 0 Å². The summed E-state index contributed by atoms with van der Waals surface area (Å²) in [6.07, 6.45) is 6.48. The molecular formula is C24H25N3O4. The van der Waals surface area contributed by atoms with Crippen LogP contribution in [0.15, 0.2) is 67.0 Å². The molecule has 0 aliphatic carbocycles. The number of nitrogens with zero attached hydrogens (tertiary/aromatic N) is 2. The van der Waals surface area contributed by atoms with Gasteiger partial charge in [-0.1, -0.05) is 30.3 Å². The Morgan fingerprint density at radius 3 is 2.58 bits per heavy atom. The molecule has 7 nitrogen and oxygen atoms in total. The molecule has 31 heavy (non-hydrogen) atoms. The number of hydrogen-bond donors (Lipinski definition) is 1. The molecule has 1 amide bonds. The molecule has 7 heteroatoms. The molecule has 160 valence electrons. The summed E-state index contributed by atoms with van der Waals surface area (Å²) in [7, 11) is 0. The van der Waals surface area contributed by atoms with Gasteiger partial charge in [-0.15, -0.1) is 0 Å². The lowest BCUT2D eigenvalue weighted by atomic mass is 10.1. The van der Waals surface area contributed by atoms with E-state index in [1.807, 2.05) is 32.0 Å². The van der Waals surface area contributed by atoms with E-state index in [2.05, 4.69) is 10.4 Å². The molecule has 0 saturated carbocycles. The molecule has 1 aromatic heterocycles. The molecule has 0 aliphatic rings. The van der Waals surface area contributed by atoms with E-state index in [1.54, 1.807) is 53.5 Å². The van der Waals surface area contributed by atoms with Crippen LogP contribution in [0, 0.1) is 0 Å². The van der Waals surface area contributed by atoms with Crippen molar-refractivity contribution in [3.8, 4) is 11.5 Å². The number of amides is 1. The summed E-state index contributed by atoms with van der Waals surface area (Å²) in [4.78, 5) is 24.4. The van der Waals surface area contributed by atoms with Crippen molar-refractivity contribution in [2.75, 3.05) is 18.5 Å². The van der Waals surface area contributed by atoms with Crippen LogP contribution in [-0.4, -0.2) is 34.7 Å². The summed E-state index contributed by atoms with van der Waals surface area (Å²) in [5.41, 5.74) is 2.02. The predicted molar refractivity (Wildman–Crippen MR) is 119 cm³/mol. The summed E-state index contributed by atoms with van der Waals surface area (Å²) in [6.45, 7) is 4.82. The lowest BCUT2D eigenvalue weighted by molar-refractivity contribution is -0.118. The molecule has 1 heterocycles. The predicted octanol–water partition coefficient (Wildman–Crippen LogP) is 4.22. The average molecular weight is 419 g/mol. The second-order valence-corrected chi connectivity index (χ2v) is 6.62. The van der Waals surface area contributed by atoms with Crippen LogP contribution in [0.5, 0.6) is 11.5 Å². The number of carbonyl (C=O) groups is 2. The van der Waals surface area contributed by atoms with Gasteiger partial charge in [0, 0.05) is 18.4 Å². The van der Waals surface area contributed by atoms with Crippen molar-refractivity contribution in [1.82, 2.24) is 9.78 Å². The molecule has 1 N–H and O–H groups in total. The fourth-order valence-corrected chi connectivity index (χ4v) is 2.81. The average Bonchev–Trinajstić information content (AvgIpc) is 3.27. The second-order valence-electron chi connectivity index (χ2n) is 6.62. The minimum atomic E-state index is -0.268. The number of hydrogen-bond acceptors (Lipinski definition) is 5.